The second-order valence-electron chi connectivity index (χ2n) is 17.6. The van der Waals surface area contributed by atoms with Crippen LogP contribution in [0.3, 0.4) is 0 Å². The third-order valence-corrected chi connectivity index (χ3v) is 14.8. The van der Waals surface area contributed by atoms with Crippen molar-refractivity contribution in [1.29, 1.82) is 0 Å². The van der Waals surface area contributed by atoms with Gasteiger partial charge >= 0.3 is 0 Å². The Kier molecular flexibility index (Phi) is 9.40. The van der Waals surface area contributed by atoms with Gasteiger partial charge in [-0.15, -0.1) is 0 Å². The Labute approximate surface area is 370 Å². The lowest BCUT2D eigenvalue weighted by molar-refractivity contribution is 0.769. The lowest BCUT2D eigenvalue weighted by Crippen LogP contribution is -2.38. The fourth-order valence-electron chi connectivity index (χ4n) is 9.82. The molecule has 4 heteroatoms. The summed E-state index contributed by atoms with van der Waals surface area (Å²) in [7, 11) is -1.59. The SMILES string of the molecule is C[Si](C)(C)c1ccc(-c2ccc3c(c2)C(c2ccccc2)(c2ccccc2)c2cc(-c4cccc(-c5nc(-c6ccccc6)nc(-c6ccccc6)n5)c4)ccc2-3)c2ccccc12. The van der Waals surface area contributed by atoms with Crippen molar-refractivity contribution in [2.75, 3.05) is 0 Å². The van der Waals surface area contributed by atoms with E-state index in [1.165, 1.54) is 60.5 Å². The minimum Gasteiger partial charge on any atom is -0.208 e. The van der Waals surface area contributed by atoms with Crippen molar-refractivity contribution in [1.82, 2.24) is 15.0 Å². The van der Waals surface area contributed by atoms with Crippen LogP contribution < -0.4 is 5.19 Å². The van der Waals surface area contributed by atoms with Gasteiger partial charge in [0.1, 0.15) is 0 Å². The summed E-state index contributed by atoms with van der Waals surface area (Å²) in [6.07, 6.45) is 0. The molecule has 1 aliphatic carbocycles. The third-order valence-electron chi connectivity index (χ3n) is 12.7. The van der Waals surface area contributed by atoms with Crippen molar-refractivity contribution in [2.24, 2.45) is 0 Å². The average molecular weight is 824 g/mol. The van der Waals surface area contributed by atoms with Crippen molar-refractivity contribution in [3.05, 3.63) is 241 Å². The molecule has 0 atom stereocenters. The maximum atomic E-state index is 5.07. The molecule has 0 amide bonds. The first-order chi connectivity index (χ1) is 30.9. The molecule has 0 bridgehead atoms. The van der Waals surface area contributed by atoms with E-state index in [4.69, 9.17) is 15.0 Å². The highest BCUT2D eigenvalue weighted by Gasteiger charge is 2.46. The van der Waals surface area contributed by atoms with Crippen molar-refractivity contribution in [3.8, 4) is 67.5 Å². The molecule has 10 aromatic rings. The zero-order valence-electron chi connectivity index (χ0n) is 35.6. The lowest BCUT2D eigenvalue weighted by atomic mass is 9.67. The van der Waals surface area contributed by atoms with E-state index >= 15 is 0 Å². The molecular weight excluding hydrogens is 779 g/mol. The van der Waals surface area contributed by atoms with Crippen LogP contribution in [0.15, 0.2) is 218 Å². The molecule has 1 aromatic heterocycles. The van der Waals surface area contributed by atoms with Crippen LogP contribution in [0.1, 0.15) is 22.3 Å². The van der Waals surface area contributed by atoms with Crippen LogP contribution in [0.5, 0.6) is 0 Å². The van der Waals surface area contributed by atoms with E-state index in [1.807, 2.05) is 60.7 Å². The largest absolute Gasteiger partial charge is 0.208 e. The normalized spacial score (nSPS) is 12.8. The Balaban J connectivity index is 1.10. The molecule has 0 fully saturated rings. The Morgan fingerprint density at radius 2 is 0.730 bits per heavy atom. The van der Waals surface area contributed by atoms with E-state index in [9.17, 15) is 0 Å². The molecule has 0 spiro atoms. The van der Waals surface area contributed by atoms with Gasteiger partial charge in [-0.1, -0.05) is 225 Å². The zero-order valence-corrected chi connectivity index (χ0v) is 36.6. The second kappa shape index (κ2) is 15.4. The molecule has 0 radical (unpaired) electrons. The maximum absolute atomic E-state index is 5.07. The fraction of sp³-hybridized carbons (Fsp3) is 0.0678. The van der Waals surface area contributed by atoms with Gasteiger partial charge in [0.25, 0.3) is 0 Å². The molecule has 63 heavy (non-hydrogen) atoms. The number of benzene rings is 9. The molecular formula is C59H45N3Si. The maximum Gasteiger partial charge on any atom is 0.164 e. The van der Waals surface area contributed by atoms with Crippen molar-refractivity contribution in [2.45, 2.75) is 25.1 Å². The molecule has 1 aliphatic rings. The Morgan fingerprint density at radius 1 is 0.317 bits per heavy atom. The highest BCUT2D eigenvalue weighted by molar-refractivity contribution is 6.90. The van der Waals surface area contributed by atoms with Gasteiger partial charge in [0, 0.05) is 16.7 Å². The minimum atomic E-state index is -1.59. The van der Waals surface area contributed by atoms with Crippen LogP contribution in [0.2, 0.25) is 19.6 Å². The van der Waals surface area contributed by atoms with Crippen molar-refractivity contribution in [3.63, 3.8) is 0 Å². The Bertz CT molecular complexity index is 3210. The smallest absolute Gasteiger partial charge is 0.164 e. The summed E-state index contributed by atoms with van der Waals surface area (Å²) in [5.41, 5.74) is 14.5. The molecule has 0 N–H and O–H groups in total. The van der Waals surface area contributed by atoms with E-state index in [0.29, 0.717) is 17.5 Å². The monoisotopic (exact) mass is 823 g/mol. The van der Waals surface area contributed by atoms with Gasteiger partial charge in [0.05, 0.1) is 13.5 Å². The Morgan fingerprint density at radius 3 is 1.29 bits per heavy atom. The van der Waals surface area contributed by atoms with Crippen molar-refractivity contribution >= 4 is 24.0 Å². The van der Waals surface area contributed by atoms with Crippen LogP contribution >= 0.6 is 0 Å². The summed E-state index contributed by atoms with van der Waals surface area (Å²) in [4.78, 5) is 15.1. The second-order valence-corrected chi connectivity index (χ2v) is 22.6. The topological polar surface area (TPSA) is 38.7 Å². The van der Waals surface area contributed by atoms with E-state index in [0.717, 1.165) is 27.8 Å². The summed E-state index contributed by atoms with van der Waals surface area (Å²) in [6, 6.07) is 79.1. The predicted octanol–water partition coefficient (Wildman–Crippen LogP) is 14.3. The number of rotatable bonds is 8. The first kappa shape index (κ1) is 38.4. The van der Waals surface area contributed by atoms with Gasteiger partial charge in [-0.3, -0.25) is 0 Å². The van der Waals surface area contributed by atoms with Crippen LogP contribution in [0, 0.1) is 0 Å². The predicted molar refractivity (Wildman–Crippen MR) is 265 cm³/mol. The number of hydrogen-bond acceptors (Lipinski definition) is 3. The van der Waals surface area contributed by atoms with E-state index in [1.54, 1.807) is 0 Å². The molecule has 1 heterocycles. The van der Waals surface area contributed by atoms with Gasteiger partial charge in [-0.05, 0) is 84.6 Å². The molecule has 0 unspecified atom stereocenters. The minimum absolute atomic E-state index is 0.575. The molecule has 300 valence electrons. The van der Waals surface area contributed by atoms with Crippen LogP contribution in [0.25, 0.3) is 78.3 Å². The zero-order chi connectivity index (χ0) is 42.5. The summed E-state index contributed by atoms with van der Waals surface area (Å²) >= 11 is 0. The molecule has 0 aliphatic heterocycles. The quantitative estimate of drug-likeness (QED) is 0.143. The number of hydrogen-bond donors (Lipinski definition) is 0. The van der Waals surface area contributed by atoms with Crippen LogP contribution in [-0.2, 0) is 5.41 Å². The van der Waals surface area contributed by atoms with Gasteiger partial charge < -0.3 is 0 Å². The summed E-state index contributed by atoms with van der Waals surface area (Å²) in [6.45, 7) is 7.32. The summed E-state index contributed by atoms with van der Waals surface area (Å²) < 4.78 is 0. The highest BCUT2D eigenvalue weighted by atomic mass is 28.3. The molecule has 9 aromatic carbocycles. The van der Waals surface area contributed by atoms with E-state index < -0.39 is 13.5 Å². The van der Waals surface area contributed by atoms with Crippen LogP contribution in [0.4, 0.5) is 0 Å². The molecule has 0 saturated carbocycles. The fourth-order valence-corrected chi connectivity index (χ4v) is 11.4. The third kappa shape index (κ3) is 6.62. The van der Waals surface area contributed by atoms with Crippen molar-refractivity contribution < 1.29 is 0 Å². The van der Waals surface area contributed by atoms with Gasteiger partial charge in [-0.25, -0.2) is 15.0 Å². The summed E-state index contributed by atoms with van der Waals surface area (Å²) in [5.74, 6) is 1.93. The Hall–Kier alpha value is -7.53. The standard InChI is InChI=1S/C59H45N3Si/c1-63(2,3)55-36-35-48(49-29-16-17-30-52(49)55)44-32-34-51-50-33-31-43(38-53(50)59(54(51)39-44,46-25-12-6-13-26-46)47-27-14-7-15-28-47)42-23-18-24-45(37-42)58-61-56(40-19-8-4-9-20-40)60-57(62-58)41-21-10-5-11-22-41/h4-39H,1-3H3. The van der Waals surface area contributed by atoms with Gasteiger partial charge in [0.15, 0.2) is 17.5 Å². The van der Waals surface area contributed by atoms with Gasteiger partial charge in [-0.2, -0.15) is 0 Å². The first-order valence-electron chi connectivity index (χ1n) is 21.8. The van der Waals surface area contributed by atoms with E-state index in [-0.39, 0.29) is 0 Å². The van der Waals surface area contributed by atoms with Gasteiger partial charge in [0.2, 0.25) is 0 Å². The number of aromatic nitrogens is 3. The molecule has 3 nitrogen and oxygen atoms in total. The first-order valence-corrected chi connectivity index (χ1v) is 25.3. The number of nitrogens with zero attached hydrogens (tertiary/aromatic N) is 3. The highest BCUT2D eigenvalue weighted by Crippen LogP contribution is 2.57. The summed E-state index contributed by atoms with van der Waals surface area (Å²) in [5, 5.41) is 4.18. The lowest BCUT2D eigenvalue weighted by Gasteiger charge is -2.34. The number of fused-ring (bicyclic) bond motifs is 4. The average Bonchev–Trinajstić information content (AvgIpc) is 3.64. The van der Waals surface area contributed by atoms with E-state index in [2.05, 4.69) is 177 Å². The van der Waals surface area contributed by atoms with Crippen LogP contribution in [-0.4, -0.2) is 23.0 Å². The molecule has 0 saturated heterocycles. The molecule has 11 rings (SSSR count).